The number of carboxylic acids is 1. The van der Waals surface area contributed by atoms with Crippen LogP contribution in [0.25, 0.3) is 0 Å². The molecule has 0 saturated heterocycles. The van der Waals surface area contributed by atoms with E-state index in [9.17, 15) is 15.0 Å². The van der Waals surface area contributed by atoms with Crippen molar-refractivity contribution in [2.45, 2.75) is 70.5 Å². The molecule has 4 heteroatoms. The van der Waals surface area contributed by atoms with Gasteiger partial charge < -0.3 is 15.3 Å². The standard InChI is InChI=1S/C22H34O4/c1-2-3-4-5-6-7-8-9-10-11-12-14-17-20(23)21(24)18-15-13-16-19-22(25)26/h3-4,6-7,9-10,12-15,20-21,23-24H,2,5,8,11,16-19H2,1H3,(H,25,26). The van der Waals surface area contributed by atoms with Gasteiger partial charge in [0.2, 0.25) is 0 Å². The number of carbonyl (C=O) groups is 1. The highest BCUT2D eigenvalue weighted by atomic mass is 16.4. The van der Waals surface area contributed by atoms with Crippen molar-refractivity contribution in [3.05, 3.63) is 60.8 Å². The van der Waals surface area contributed by atoms with Crippen molar-refractivity contribution >= 4 is 5.97 Å². The average molecular weight is 363 g/mol. The minimum absolute atomic E-state index is 0.0805. The molecule has 4 nitrogen and oxygen atoms in total. The third-order valence-corrected chi connectivity index (χ3v) is 3.61. The zero-order valence-corrected chi connectivity index (χ0v) is 15.8. The van der Waals surface area contributed by atoms with Crippen LogP contribution in [-0.4, -0.2) is 33.5 Å². The molecule has 146 valence electrons. The van der Waals surface area contributed by atoms with E-state index in [1.807, 2.05) is 12.2 Å². The summed E-state index contributed by atoms with van der Waals surface area (Å²) in [5.74, 6) is -0.838. The molecule has 0 bridgehead atoms. The fourth-order valence-electron chi connectivity index (χ4n) is 2.09. The molecule has 2 atom stereocenters. The summed E-state index contributed by atoms with van der Waals surface area (Å²) in [6.07, 6.45) is 23.5. The molecule has 0 radical (unpaired) electrons. The zero-order valence-electron chi connectivity index (χ0n) is 15.8. The zero-order chi connectivity index (χ0) is 19.5. The largest absolute Gasteiger partial charge is 0.481 e. The lowest BCUT2D eigenvalue weighted by Gasteiger charge is -2.14. The maximum atomic E-state index is 10.4. The van der Waals surface area contributed by atoms with Crippen LogP contribution in [-0.2, 0) is 4.79 Å². The number of aliphatic hydroxyl groups excluding tert-OH is 2. The minimum atomic E-state index is -0.838. The highest BCUT2D eigenvalue weighted by Gasteiger charge is 2.12. The van der Waals surface area contributed by atoms with Gasteiger partial charge >= 0.3 is 5.97 Å². The molecule has 0 aromatic carbocycles. The van der Waals surface area contributed by atoms with Gasteiger partial charge in [0, 0.05) is 6.42 Å². The molecule has 0 aromatic heterocycles. The molecule has 0 aliphatic rings. The highest BCUT2D eigenvalue weighted by Crippen LogP contribution is 2.06. The van der Waals surface area contributed by atoms with E-state index in [-0.39, 0.29) is 6.42 Å². The van der Waals surface area contributed by atoms with Gasteiger partial charge in [0.25, 0.3) is 0 Å². The third kappa shape index (κ3) is 16.9. The van der Waals surface area contributed by atoms with Crippen LogP contribution >= 0.6 is 0 Å². The number of hydrogen-bond donors (Lipinski definition) is 3. The summed E-state index contributed by atoms with van der Waals surface area (Å²) in [6.45, 7) is 2.12. The molecular weight excluding hydrogens is 328 g/mol. The van der Waals surface area contributed by atoms with E-state index in [2.05, 4.69) is 43.4 Å². The molecule has 0 spiro atoms. The van der Waals surface area contributed by atoms with Crippen LogP contribution < -0.4 is 0 Å². The smallest absolute Gasteiger partial charge is 0.303 e. The van der Waals surface area contributed by atoms with E-state index in [1.165, 1.54) is 0 Å². The lowest BCUT2D eigenvalue weighted by atomic mass is 10.1. The van der Waals surface area contributed by atoms with Gasteiger partial charge in [0.15, 0.2) is 0 Å². The molecule has 0 rings (SSSR count). The maximum Gasteiger partial charge on any atom is 0.303 e. The van der Waals surface area contributed by atoms with Crippen molar-refractivity contribution in [1.29, 1.82) is 0 Å². The second-order valence-electron chi connectivity index (χ2n) is 6.01. The Labute approximate surface area is 157 Å². The Balaban J connectivity index is 3.77. The van der Waals surface area contributed by atoms with E-state index < -0.39 is 18.2 Å². The summed E-state index contributed by atoms with van der Waals surface area (Å²) in [5, 5.41) is 28.2. The number of rotatable bonds is 15. The van der Waals surface area contributed by atoms with Crippen LogP contribution in [0.15, 0.2) is 60.8 Å². The normalized spacial score (nSPS) is 15.2. The van der Waals surface area contributed by atoms with Gasteiger partial charge in [-0.2, -0.15) is 0 Å². The van der Waals surface area contributed by atoms with Crippen LogP contribution in [0.1, 0.15) is 58.3 Å². The molecule has 0 aromatic rings. The number of aliphatic hydroxyl groups is 2. The Kier molecular flexibility index (Phi) is 16.6. The summed E-state index contributed by atoms with van der Waals surface area (Å²) < 4.78 is 0. The van der Waals surface area contributed by atoms with E-state index in [1.54, 1.807) is 12.2 Å². The van der Waals surface area contributed by atoms with Crippen molar-refractivity contribution < 1.29 is 20.1 Å². The van der Waals surface area contributed by atoms with Gasteiger partial charge in [-0.15, -0.1) is 0 Å². The first kappa shape index (κ1) is 24.1. The van der Waals surface area contributed by atoms with Gasteiger partial charge in [-0.1, -0.05) is 67.7 Å². The summed E-state index contributed by atoms with van der Waals surface area (Å²) >= 11 is 0. The summed E-state index contributed by atoms with van der Waals surface area (Å²) in [5.41, 5.74) is 0. The average Bonchev–Trinajstić information content (AvgIpc) is 2.61. The van der Waals surface area contributed by atoms with Crippen molar-refractivity contribution in [3.63, 3.8) is 0 Å². The van der Waals surface area contributed by atoms with Crippen molar-refractivity contribution in [2.75, 3.05) is 0 Å². The minimum Gasteiger partial charge on any atom is -0.481 e. The number of hydrogen-bond acceptors (Lipinski definition) is 3. The molecule has 0 aliphatic heterocycles. The molecular formula is C22H34O4. The second-order valence-corrected chi connectivity index (χ2v) is 6.01. The number of allylic oxidation sites excluding steroid dienone is 8. The van der Waals surface area contributed by atoms with Crippen LogP contribution in [0.4, 0.5) is 0 Å². The summed E-state index contributed by atoms with van der Waals surface area (Å²) in [6, 6.07) is 0. The molecule has 2 unspecified atom stereocenters. The van der Waals surface area contributed by atoms with Gasteiger partial charge in [0.05, 0.1) is 12.2 Å². The molecule has 26 heavy (non-hydrogen) atoms. The lowest BCUT2D eigenvalue weighted by molar-refractivity contribution is -0.136. The van der Waals surface area contributed by atoms with E-state index in [0.29, 0.717) is 19.3 Å². The van der Waals surface area contributed by atoms with Crippen LogP contribution in [0.2, 0.25) is 0 Å². The van der Waals surface area contributed by atoms with Crippen molar-refractivity contribution in [1.82, 2.24) is 0 Å². The molecule has 0 saturated carbocycles. The number of carboxylic acid groups (broad SMARTS) is 1. The van der Waals surface area contributed by atoms with Crippen molar-refractivity contribution in [3.8, 4) is 0 Å². The Bertz CT molecular complexity index is 486. The molecule has 0 heterocycles. The monoisotopic (exact) mass is 362 g/mol. The van der Waals surface area contributed by atoms with Crippen molar-refractivity contribution in [2.24, 2.45) is 0 Å². The first-order valence-electron chi connectivity index (χ1n) is 9.40. The first-order chi connectivity index (χ1) is 12.6. The molecule has 0 amide bonds. The Morgan fingerprint density at radius 3 is 1.62 bits per heavy atom. The van der Waals surface area contributed by atoms with Gasteiger partial charge in [-0.3, -0.25) is 4.79 Å². The van der Waals surface area contributed by atoms with E-state index in [4.69, 9.17) is 5.11 Å². The predicted molar refractivity (Wildman–Crippen MR) is 108 cm³/mol. The highest BCUT2D eigenvalue weighted by molar-refractivity contribution is 5.66. The fourth-order valence-corrected chi connectivity index (χ4v) is 2.09. The fraction of sp³-hybridized carbons (Fsp3) is 0.500. The molecule has 0 fully saturated rings. The number of aliphatic carboxylic acids is 1. The Hall–Kier alpha value is -1.91. The predicted octanol–water partition coefficient (Wildman–Crippen LogP) is 4.71. The third-order valence-electron chi connectivity index (χ3n) is 3.61. The molecule has 3 N–H and O–H groups in total. The van der Waals surface area contributed by atoms with Gasteiger partial charge in [-0.25, -0.2) is 0 Å². The van der Waals surface area contributed by atoms with Crippen LogP contribution in [0.5, 0.6) is 0 Å². The topological polar surface area (TPSA) is 77.8 Å². The maximum absolute atomic E-state index is 10.4. The second kappa shape index (κ2) is 17.9. The Morgan fingerprint density at radius 2 is 1.15 bits per heavy atom. The van der Waals surface area contributed by atoms with E-state index in [0.717, 1.165) is 25.7 Å². The molecule has 0 aliphatic carbocycles. The SMILES string of the molecule is CCC=CCC=CCC=CCC=CCC(O)C(O)CC=CCCC(=O)O. The van der Waals surface area contributed by atoms with E-state index >= 15 is 0 Å². The Morgan fingerprint density at radius 1 is 0.731 bits per heavy atom. The quantitative estimate of drug-likeness (QED) is 0.369. The lowest BCUT2D eigenvalue weighted by Crippen LogP contribution is -2.24. The summed E-state index contributed by atoms with van der Waals surface area (Å²) in [7, 11) is 0. The van der Waals surface area contributed by atoms with Crippen LogP contribution in [0, 0.1) is 0 Å². The van der Waals surface area contributed by atoms with Crippen LogP contribution in [0.3, 0.4) is 0 Å². The first-order valence-corrected chi connectivity index (χ1v) is 9.40. The van der Waals surface area contributed by atoms with Gasteiger partial charge in [0.1, 0.15) is 0 Å². The van der Waals surface area contributed by atoms with Gasteiger partial charge in [-0.05, 0) is 44.9 Å². The summed E-state index contributed by atoms with van der Waals surface area (Å²) in [4.78, 5) is 10.4.